The van der Waals surface area contributed by atoms with Gasteiger partial charge in [0.1, 0.15) is 17.9 Å². The van der Waals surface area contributed by atoms with Crippen molar-refractivity contribution < 1.29 is 9.53 Å². The van der Waals surface area contributed by atoms with Crippen LogP contribution in [0, 0.1) is 0 Å². The highest BCUT2D eigenvalue weighted by Gasteiger charge is 2.23. The fraction of sp³-hybridized carbons (Fsp3) is 0.231. The Morgan fingerprint density at radius 2 is 1.89 bits per heavy atom. The molecule has 1 aliphatic heterocycles. The topological polar surface area (TPSA) is 76.4 Å². The monoisotopic (exact) mass is 488 g/mol. The lowest BCUT2D eigenvalue weighted by Crippen LogP contribution is -2.48. The van der Waals surface area contributed by atoms with Gasteiger partial charge in [-0.05, 0) is 48.9 Å². The largest absolute Gasteiger partial charge is 0.494 e. The van der Waals surface area contributed by atoms with Gasteiger partial charge in [-0.15, -0.1) is 0 Å². The van der Waals surface area contributed by atoms with Crippen molar-refractivity contribution in [2.24, 2.45) is 0 Å². The SMILES string of the molecule is CCOc1ccc(/C=C/C(=O)N2CCN(c3ncnc4c3cnn4-c3cccc(Cl)c3)CC2)cc1. The predicted molar refractivity (Wildman–Crippen MR) is 137 cm³/mol. The van der Waals surface area contributed by atoms with E-state index in [0.717, 1.165) is 28.2 Å². The molecule has 8 nitrogen and oxygen atoms in total. The first-order chi connectivity index (χ1) is 17.1. The van der Waals surface area contributed by atoms with Gasteiger partial charge in [-0.3, -0.25) is 4.79 Å². The van der Waals surface area contributed by atoms with Crippen LogP contribution in [0.5, 0.6) is 5.75 Å². The second kappa shape index (κ2) is 10.1. The van der Waals surface area contributed by atoms with Crippen molar-refractivity contribution in [1.29, 1.82) is 0 Å². The molecule has 1 amide bonds. The van der Waals surface area contributed by atoms with Crippen LogP contribution in [0.25, 0.3) is 22.8 Å². The fourth-order valence-corrected chi connectivity index (χ4v) is 4.32. The zero-order valence-corrected chi connectivity index (χ0v) is 20.1. The Balaban J connectivity index is 1.25. The summed E-state index contributed by atoms with van der Waals surface area (Å²) in [4.78, 5) is 25.7. The summed E-state index contributed by atoms with van der Waals surface area (Å²) in [6, 6.07) is 15.2. The van der Waals surface area contributed by atoms with E-state index in [0.29, 0.717) is 43.5 Å². The lowest BCUT2D eigenvalue weighted by Gasteiger charge is -2.35. The fourth-order valence-electron chi connectivity index (χ4n) is 4.13. The molecule has 178 valence electrons. The van der Waals surface area contributed by atoms with Gasteiger partial charge in [0.15, 0.2) is 5.65 Å². The van der Waals surface area contributed by atoms with Crippen LogP contribution in [-0.4, -0.2) is 63.3 Å². The second-order valence-electron chi connectivity index (χ2n) is 8.12. The molecule has 2 aromatic heterocycles. The number of hydrogen-bond acceptors (Lipinski definition) is 6. The molecule has 0 aliphatic carbocycles. The minimum absolute atomic E-state index is 0.000134. The number of benzene rings is 2. The van der Waals surface area contributed by atoms with Crippen molar-refractivity contribution in [2.75, 3.05) is 37.7 Å². The van der Waals surface area contributed by atoms with Crippen molar-refractivity contribution >= 4 is 40.4 Å². The molecule has 1 fully saturated rings. The van der Waals surface area contributed by atoms with Gasteiger partial charge in [0.2, 0.25) is 5.91 Å². The summed E-state index contributed by atoms with van der Waals surface area (Å²) in [7, 11) is 0. The Morgan fingerprint density at radius 1 is 1.09 bits per heavy atom. The van der Waals surface area contributed by atoms with Crippen LogP contribution in [0.3, 0.4) is 0 Å². The Kier molecular flexibility index (Phi) is 6.63. The number of aromatic nitrogens is 4. The van der Waals surface area contributed by atoms with E-state index in [9.17, 15) is 4.79 Å². The predicted octanol–water partition coefficient (Wildman–Crippen LogP) is 4.23. The maximum Gasteiger partial charge on any atom is 0.246 e. The summed E-state index contributed by atoms with van der Waals surface area (Å²) in [6.07, 6.45) is 6.80. The Bertz CT molecular complexity index is 1360. The zero-order chi connectivity index (χ0) is 24.2. The number of piperazine rings is 1. The summed E-state index contributed by atoms with van der Waals surface area (Å²) in [5, 5.41) is 6.02. The highest BCUT2D eigenvalue weighted by atomic mass is 35.5. The third kappa shape index (κ3) is 4.97. The molecular weight excluding hydrogens is 464 g/mol. The molecule has 9 heteroatoms. The third-order valence-electron chi connectivity index (χ3n) is 5.90. The number of anilines is 1. The summed E-state index contributed by atoms with van der Waals surface area (Å²) < 4.78 is 7.22. The van der Waals surface area contributed by atoms with Crippen LogP contribution in [0.1, 0.15) is 12.5 Å². The molecule has 1 aliphatic rings. The maximum atomic E-state index is 12.7. The quantitative estimate of drug-likeness (QED) is 0.378. The van der Waals surface area contributed by atoms with E-state index in [2.05, 4.69) is 20.0 Å². The Hall–Kier alpha value is -3.91. The number of ether oxygens (including phenoxy) is 1. The van der Waals surface area contributed by atoms with E-state index in [4.69, 9.17) is 16.3 Å². The molecular formula is C26H25ClN6O2. The first kappa shape index (κ1) is 22.9. The number of rotatable bonds is 6. The molecule has 4 aromatic rings. The van der Waals surface area contributed by atoms with Crippen molar-refractivity contribution in [3.05, 3.63) is 77.7 Å². The summed E-state index contributed by atoms with van der Waals surface area (Å²) in [6.45, 7) is 5.16. The Labute approximate surface area is 208 Å². The highest BCUT2D eigenvalue weighted by molar-refractivity contribution is 6.30. The van der Waals surface area contributed by atoms with Gasteiger partial charge in [-0.2, -0.15) is 5.10 Å². The first-order valence-corrected chi connectivity index (χ1v) is 11.9. The molecule has 0 N–H and O–H groups in total. The smallest absolute Gasteiger partial charge is 0.246 e. The summed E-state index contributed by atoms with van der Waals surface area (Å²) in [5.74, 6) is 1.64. The molecule has 1 saturated heterocycles. The average Bonchev–Trinajstić information content (AvgIpc) is 3.33. The minimum Gasteiger partial charge on any atom is -0.494 e. The van der Waals surface area contributed by atoms with Gasteiger partial charge >= 0.3 is 0 Å². The van der Waals surface area contributed by atoms with Crippen LogP contribution in [0.15, 0.2) is 67.1 Å². The van der Waals surface area contributed by atoms with E-state index in [1.165, 1.54) is 0 Å². The van der Waals surface area contributed by atoms with Crippen molar-refractivity contribution in [3.8, 4) is 11.4 Å². The molecule has 0 spiro atoms. The normalized spacial score (nSPS) is 14.1. The van der Waals surface area contributed by atoms with E-state index < -0.39 is 0 Å². The van der Waals surface area contributed by atoms with Crippen LogP contribution in [0.2, 0.25) is 5.02 Å². The van der Waals surface area contributed by atoms with Crippen LogP contribution < -0.4 is 9.64 Å². The van der Waals surface area contributed by atoms with E-state index in [-0.39, 0.29) is 5.91 Å². The number of carbonyl (C=O) groups excluding carboxylic acids is 1. The number of halogens is 1. The van der Waals surface area contributed by atoms with Crippen LogP contribution in [0.4, 0.5) is 5.82 Å². The maximum absolute atomic E-state index is 12.7. The molecule has 3 heterocycles. The van der Waals surface area contributed by atoms with Gasteiger partial charge in [-0.1, -0.05) is 29.8 Å². The number of hydrogen-bond donors (Lipinski definition) is 0. The minimum atomic E-state index is 0.000134. The van der Waals surface area contributed by atoms with Crippen LogP contribution in [-0.2, 0) is 4.79 Å². The number of carbonyl (C=O) groups is 1. The summed E-state index contributed by atoms with van der Waals surface area (Å²) in [5.41, 5.74) is 2.52. The van der Waals surface area contributed by atoms with Gasteiger partial charge in [0, 0.05) is 37.3 Å². The van der Waals surface area contributed by atoms with Gasteiger partial charge in [0.25, 0.3) is 0 Å². The van der Waals surface area contributed by atoms with Crippen molar-refractivity contribution in [3.63, 3.8) is 0 Å². The van der Waals surface area contributed by atoms with Gasteiger partial charge in [-0.25, -0.2) is 14.6 Å². The van der Waals surface area contributed by atoms with E-state index in [1.807, 2.05) is 66.4 Å². The molecule has 0 bridgehead atoms. The second-order valence-corrected chi connectivity index (χ2v) is 8.55. The first-order valence-electron chi connectivity index (χ1n) is 11.5. The van der Waals surface area contributed by atoms with E-state index in [1.54, 1.807) is 23.3 Å². The van der Waals surface area contributed by atoms with Gasteiger partial charge in [0.05, 0.1) is 23.9 Å². The lowest BCUT2D eigenvalue weighted by atomic mass is 10.2. The van der Waals surface area contributed by atoms with Crippen LogP contribution >= 0.6 is 11.6 Å². The number of amides is 1. The van der Waals surface area contributed by atoms with Crippen molar-refractivity contribution in [2.45, 2.75) is 6.92 Å². The molecule has 5 rings (SSSR count). The molecule has 35 heavy (non-hydrogen) atoms. The van der Waals surface area contributed by atoms with Crippen molar-refractivity contribution in [1.82, 2.24) is 24.6 Å². The average molecular weight is 489 g/mol. The van der Waals surface area contributed by atoms with E-state index >= 15 is 0 Å². The summed E-state index contributed by atoms with van der Waals surface area (Å²) >= 11 is 6.16. The standard InChI is InChI=1S/C26H25ClN6O2/c1-2-35-22-9-6-19(7-10-22)8-11-24(34)31-12-14-32(15-13-31)25-23-17-30-33(26(23)29-18-28-25)21-5-3-4-20(27)16-21/h3-11,16-18H,2,12-15H2,1H3/b11-8+. The number of fused-ring (bicyclic) bond motifs is 1. The molecule has 0 unspecified atom stereocenters. The Morgan fingerprint density at radius 3 is 2.63 bits per heavy atom. The third-order valence-corrected chi connectivity index (χ3v) is 6.13. The zero-order valence-electron chi connectivity index (χ0n) is 19.3. The number of nitrogens with zero attached hydrogens (tertiary/aromatic N) is 6. The molecule has 0 atom stereocenters. The lowest BCUT2D eigenvalue weighted by molar-refractivity contribution is -0.126. The van der Waals surface area contributed by atoms with Gasteiger partial charge < -0.3 is 14.5 Å². The molecule has 2 aromatic carbocycles. The molecule has 0 radical (unpaired) electrons. The molecule has 0 saturated carbocycles. The highest BCUT2D eigenvalue weighted by Crippen LogP contribution is 2.26.